The summed E-state index contributed by atoms with van der Waals surface area (Å²) in [6.45, 7) is -0.0724. The molecule has 11 heteroatoms. The molecule has 26 heavy (non-hydrogen) atoms. The highest BCUT2D eigenvalue weighted by Gasteiger charge is 2.67. The van der Waals surface area contributed by atoms with E-state index in [1.54, 1.807) is 11.0 Å². The molecule has 4 heterocycles. The summed E-state index contributed by atoms with van der Waals surface area (Å²) in [5.74, 6) is -3.95. The standard InChI is InChI=1S/C15H15F2N7O2/c16-15(17)6-23(5-14(15)1-2-14)10-3-9(22-24-7-19-21-11(10)24)8-4-18-13(26)20-12(8)25/h3,7-8H,1-2,4-6H2,(H2,18,20,25,26). The van der Waals surface area contributed by atoms with Gasteiger partial charge in [-0.15, -0.1) is 10.2 Å². The first kappa shape index (κ1) is 15.4. The Kier molecular flexibility index (Phi) is 2.88. The first-order valence-electron chi connectivity index (χ1n) is 8.31. The molecule has 0 radical (unpaired) electrons. The van der Waals surface area contributed by atoms with E-state index in [9.17, 15) is 18.4 Å². The molecule has 1 spiro atoms. The topological polar surface area (TPSA) is 105 Å². The molecule has 3 aliphatic rings. The summed E-state index contributed by atoms with van der Waals surface area (Å²) in [5, 5.41) is 16.9. The van der Waals surface area contributed by atoms with E-state index in [0.29, 0.717) is 29.9 Å². The van der Waals surface area contributed by atoms with Crippen molar-refractivity contribution in [2.75, 3.05) is 24.5 Å². The molecule has 3 fully saturated rings. The number of nitrogens with zero attached hydrogens (tertiary/aromatic N) is 5. The Labute approximate surface area is 145 Å². The fourth-order valence-corrected chi connectivity index (χ4v) is 3.79. The zero-order valence-electron chi connectivity index (χ0n) is 13.6. The second kappa shape index (κ2) is 4.86. The molecule has 2 N–H and O–H groups in total. The van der Waals surface area contributed by atoms with Crippen LogP contribution in [-0.4, -0.2) is 57.3 Å². The van der Waals surface area contributed by atoms with Gasteiger partial charge < -0.3 is 10.2 Å². The van der Waals surface area contributed by atoms with Crippen LogP contribution < -0.4 is 15.5 Å². The maximum absolute atomic E-state index is 14.4. The van der Waals surface area contributed by atoms with Gasteiger partial charge in [-0.05, 0) is 18.9 Å². The second-order valence-electron chi connectivity index (χ2n) is 7.15. The van der Waals surface area contributed by atoms with Crippen molar-refractivity contribution in [3.63, 3.8) is 0 Å². The van der Waals surface area contributed by atoms with Crippen LogP contribution in [0.3, 0.4) is 0 Å². The summed E-state index contributed by atoms with van der Waals surface area (Å²) in [7, 11) is 0. The van der Waals surface area contributed by atoms with Crippen LogP contribution in [0.5, 0.6) is 0 Å². The lowest BCUT2D eigenvalue weighted by Gasteiger charge is -2.24. The lowest BCUT2D eigenvalue weighted by molar-refractivity contribution is -0.122. The molecule has 136 valence electrons. The normalized spacial score (nSPS) is 26.2. The zero-order chi connectivity index (χ0) is 18.1. The first-order chi connectivity index (χ1) is 12.4. The number of alkyl halides is 2. The number of imide groups is 1. The van der Waals surface area contributed by atoms with Crippen LogP contribution in [0.25, 0.3) is 5.65 Å². The van der Waals surface area contributed by atoms with Gasteiger partial charge in [0.15, 0.2) is 0 Å². The van der Waals surface area contributed by atoms with E-state index in [-0.39, 0.29) is 13.1 Å². The summed E-state index contributed by atoms with van der Waals surface area (Å²) in [5.41, 5.74) is 0.247. The van der Waals surface area contributed by atoms with Crippen molar-refractivity contribution in [3.8, 4) is 0 Å². The smallest absolute Gasteiger partial charge is 0.321 e. The minimum Gasteiger partial charge on any atom is -0.362 e. The summed E-state index contributed by atoms with van der Waals surface area (Å²) in [4.78, 5) is 25.0. The van der Waals surface area contributed by atoms with Gasteiger partial charge in [-0.2, -0.15) is 9.61 Å². The Balaban J connectivity index is 1.57. The summed E-state index contributed by atoms with van der Waals surface area (Å²) >= 11 is 0. The predicted octanol–water partition coefficient (Wildman–Crippen LogP) is 0.283. The number of aromatic nitrogens is 4. The molecular weight excluding hydrogens is 348 g/mol. The van der Waals surface area contributed by atoms with Crippen LogP contribution in [0.4, 0.5) is 19.3 Å². The Bertz CT molecular complexity index is 933. The SMILES string of the molecule is O=C1NCC(c2cc(N3CC(F)(F)C4(CC4)C3)c3nncn3n2)C(=O)N1. The third-order valence-electron chi connectivity index (χ3n) is 5.50. The third-order valence-corrected chi connectivity index (χ3v) is 5.50. The summed E-state index contributed by atoms with van der Waals surface area (Å²) < 4.78 is 30.2. The number of urea groups is 1. The van der Waals surface area contributed by atoms with Crippen LogP contribution in [0, 0.1) is 5.41 Å². The molecule has 1 saturated carbocycles. The van der Waals surface area contributed by atoms with Gasteiger partial charge in [0, 0.05) is 13.1 Å². The molecule has 0 aromatic carbocycles. The molecule has 2 aromatic heterocycles. The molecule has 3 amide bonds. The van der Waals surface area contributed by atoms with Gasteiger partial charge in [0.25, 0.3) is 5.92 Å². The van der Waals surface area contributed by atoms with Gasteiger partial charge in [-0.3, -0.25) is 10.1 Å². The summed E-state index contributed by atoms with van der Waals surface area (Å²) in [6.07, 6.45) is 2.38. The number of anilines is 1. The summed E-state index contributed by atoms with van der Waals surface area (Å²) in [6, 6.07) is 1.04. The van der Waals surface area contributed by atoms with Crippen LogP contribution in [0.1, 0.15) is 24.5 Å². The Morgan fingerprint density at radius 1 is 1.23 bits per heavy atom. The van der Waals surface area contributed by atoms with Crippen molar-refractivity contribution in [2.24, 2.45) is 5.41 Å². The van der Waals surface area contributed by atoms with Crippen molar-refractivity contribution in [2.45, 2.75) is 24.7 Å². The van der Waals surface area contributed by atoms with Crippen LogP contribution in [0.2, 0.25) is 0 Å². The minimum absolute atomic E-state index is 0.0881. The highest BCUT2D eigenvalue weighted by atomic mass is 19.3. The van der Waals surface area contributed by atoms with Gasteiger partial charge in [0.05, 0.1) is 29.3 Å². The van der Waals surface area contributed by atoms with Gasteiger partial charge in [-0.25, -0.2) is 13.6 Å². The molecule has 1 unspecified atom stereocenters. The first-order valence-corrected chi connectivity index (χ1v) is 8.31. The molecule has 0 bridgehead atoms. The highest BCUT2D eigenvalue weighted by molar-refractivity contribution is 6.00. The average molecular weight is 363 g/mol. The van der Waals surface area contributed by atoms with E-state index in [1.165, 1.54) is 10.8 Å². The Hall–Kier alpha value is -2.85. The largest absolute Gasteiger partial charge is 0.362 e. The maximum Gasteiger partial charge on any atom is 0.321 e. The number of carbonyl (C=O) groups excluding carboxylic acids is 2. The molecule has 1 atom stereocenters. The van der Waals surface area contributed by atoms with Crippen LogP contribution in [0.15, 0.2) is 12.4 Å². The molecule has 9 nitrogen and oxygen atoms in total. The second-order valence-corrected chi connectivity index (χ2v) is 7.15. The fourth-order valence-electron chi connectivity index (χ4n) is 3.79. The van der Waals surface area contributed by atoms with Crippen LogP contribution >= 0.6 is 0 Å². The highest BCUT2D eigenvalue weighted by Crippen LogP contribution is 2.61. The lowest BCUT2D eigenvalue weighted by Crippen LogP contribution is -2.51. The molecule has 2 aliphatic heterocycles. The number of halogens is 2. The number of carbonyl (C=O) groups is 2. The van der Waals surface area contributed by atoms with Crippen molar-refractivity contribution in [3.05, 3.63) is 18.1 Å². The monoisotopic (exact) mass is 363 g/mol. The molecule has 2 aromatic rings. The number of fused-ring (bicyclic) bond motifs is 1. The third kappa shape index (κ3) is 2.09. The van der Waals surface area contributed by atoms with Crippen molar-refractivity contribution in [1.29, 1.82) is 0 Å². The Morgan fingerprint density at radius 3 is 2.73 bits per heavy atom. The number of rotatable bonds is 2. The molecule has 2 saturated heterocycles. The van der Waals surface area contributed by atoms with Gasteiger partial charge in [0.1, 0.15) is 6.33 Å². The van der Waals surface area contributed by atoms with E-state index < -0.39 is 35.7 Å². The van der Waals surface area contributed by atoms with E-state index in [1.807, 2.05) is 0 Å². The number of hydrogen-bond donors (Lipinski definition) is 2. The molecule has 1 aliphatic carbocycles. The van der Waals surface area contributed by atoms with E-state index in [0.717, 1.165) is 0 Å². The number of hydrogen-bond acceptors (Lipinski definition) is 6. The van der Waals surface area contributed by atoms with E-state index >= 15 is 0 Å². The van der Waals surface area contributed by atoms with E-state index in [4.69, 9.17) is 0 Å². The average Bonchev–Trinajstić information content (AvgIpc) is 3.13. The number of amides is 3. The zero-order valence-corrected chi connectivity index (χ0v) is 13.6. The fraction of sp³-hybridized carbons (Fsp3) is 0.533. The van der Waals surface area contributed by atoms with Crippen molar-refractivity contribution in [1.82, 2.24) is 30.4 Å². The Morgan fingerprint density at radius 2 is 2.04 bits per heavy atom. The van der Waals surface area contributed by atoms with Gasteiger partial charge >= 0.3 is 6.03 Å². The van der Waals surface area contributed by atoms with Crippen LogP contribution in [-0.2, 0) is 4.79 Å². The molecule has 5 rings (SSSR count). The molecular formula is C15H15F2N7O2. The quantitative estimate of drug-likeness (QED) is 0.794. The van der Waals surface area contributed by atoms with Crippen molar-refractivity contribution < 1.29 is 18.4 Å². The van der Waals surface area contributed by atoms with E-state index in [2.05, 4.69) is 25.9 Å². The number of nitrogens with one attached hydrogen (secondary N) is 2. The predicted molar refractivity (Wildman–Crippen MR) is 83.9 cm³/mol. The van der Waals surface area contributed by atoms with Gasteiger partial charge in [-0.1, -0.05) is 0 Å². The minimum atomic E-state index is -2.76. The lowest BCUT2D eigenvalue weighted by atomic mass is 10.0. The maximum atomic E-state index is 14.4. The van der Waals surface area contributed by atoms with Gasteiger partial charge in [0.2, 0.25) is 11.6 Å². The van der Waals surface area contributed by atoms with Crippen molar-refractivity contribution >= 4 is 23.3 Å².